The number of aliphatic hydroxyl groups is 2. The molecular weight excluding hydrogens is 609 g/mol. The van der Waals surface area contributed by atoms with Gasteiger partial charge in [-0.2, -0.15) is 0 Å². The van der Waals surface area contributed by atoms with E-state index >= 15 is 0 Å². The SMILES string of the molecule is COC1C(O)C(COP(=O)(O)O[C@@H]2C[C@H](n3cc(-c4ccco4)c(=O)[nH]c3=O)OC2CO)OC1n1cnc2c(N)ncnc21. The Hall–Kier alpha value is -3.78. The fourth-order valence-corrected chi connectivity index (χ4v) is 6.17. The largest absolute Gasteiger partial charge is 0.472 e. The number of hydrogen-bond donors (Lipinski definition) is 5. The highest BCUT2D eigenvalue weighted by Gasteiger charge is 2.47. The molecule has 2 fully saturated rings. The van der Waals surface area contributed by atoms with Gasteiger partial charge in [0.15, 0.2) is 17.7 Å². The lowest BCUT2D eigenvalue weighted by Crippen LogP contribution is -2.35. The molecule has 2 aliphatic heterocycles. The molecule has 0 saturated carbocycles. The van der Waals surface area contributed by atoms with Crippen molar-refractivity contribution in [1.82, 2.24) is 29.1 Å². The van der Waals surface area contributed by atoms with Gasteiger partial charge >= 0.3 is 13.5 Å². The number of furan rings is 1. The first kappa shape index (κ1) is 30.3. The lowest BCUT2D eigenvalue weighted by atomic mass is 10.1. The number of aromatic amines is 1. The van der Waals surface area contributed by atoms with Crippen molar-refractivity contribution < 1.29 is 47.3 Å². The predicted octanol–water partition coefficient (Wildman–Crippen LogP) is -0.726. The summed E-state index contributed by atoms with van der Waals surface area (Å²) in [6.07, 6.45) is -2.72. The van der Waals surface area contributed by atoms with Crippen molar-refractivity contribution in [3.05, 3.63) is 58.1 Å². The number of methoxy groups -OCH3 is 1. The molecule has 6 unspecified atom stereocenters. The van der Waals surface area contributed by atoms with Crippen LogP contribution in [-0.2, 0) is 27.8 Å². The highest BCUT2D eigenvalue weighted by Crippen LogP contribution is 2.49. The first-order valence-corrected chi connectivity index (χ1v) is 14.7. The van der Waals surface area contributed by atoms with Crippen molar-refractivity contribution in [2.45, 2.75) is 49.4 Å². The number of phosphoric ester groups is 1. The number of nitrogen functional groups attached to an aromatic ring is 1. The molecule has 0 aromatic carbocycles. The van der Waals surface area contributed by atoms with Gasteiger partial charge < -0.3 is 39.5 Å². The zero-order valence-electron chi connectivity index (χ0n) is 22.9. The fourth-order valence-electron chi connectivity index (χ4n) is 5.21. The number of H-pyrrole nitrogens is 1. The quantitative estimate of drug-likeness (QED) is 0.134. The number of nitrogens with two attached hydrogens (primary N) is 1. The van der Waals surface area contributed by atoms with E-state index in [1.807, 2.05) is 0 Å². The molecule has 236 valence electrons. The van der Waals surface area contributed by atoms with Crippen LogP contribution in [0.25, 0.3) is 22.5 Å². The Balaban J connectivity index is 1.13. The summed E-state index contributed by atoms with van der Waals surface area (Å²) in [6.45, 7) is -1.22. The Labute approximate surface area is 246 Å². The third-order valence-electron chi connectivity index (χ3n) is 7.34. The van der Waals surface area contributed by atoms with Crippen molar-refractivity contribution in [2.24, 2.45) is 0 Å². The summed E-state index contributed by atoms with van der Waals surface area (Å²) in [5.41, 5.74) is 5.02. The molecule has 2 saturated heterocycles. The van der Waals surface area contributed by atoms with Gasteiger partial charge in [0, 0.05) is 19.7 Å². The number of aromatic nitrogens is 6. The van der Waals surface area contributed by atoms with Gasteiger partial charge in [0.05, 0.1) is 31.4 Å². The number of nitrogens with zero attached hydrogens (tertiary/aromatic N) is 5. The number of fused-ring (bicyclic) bond motifs is 1. The van der Waals surface area contributed by atoms with Crippen LogP contribution in [0.4, 0.5) is 5.82 Å². The Morgan fingerprint density at radius 1 is 1.20 bits per heavy atom. The molecule has 6 N–H and O–H groups in total. The summed E-state index contributed by atoms with van der Waals surface area (Å²) in [4.78, 5) is 49.8. The Morgan fingerprint density at radius 2 is 2.02 bits per heavy atom. The summed E-state index contributed by atoms with van der Waals surface area (Å²) in [6, 6.07) is 3.09. The maximum absolute atomic E-state index is 13.0. The van der Waals surface area contributed by atoms with Crippen LogP contribution in [-0.4, -0.2) is 95.0 Å². The minimum atomic E-state index is -4.85. The van der Waals surface area contributed by atoms with Crippen LogP contribution in [0.2, 0.25) is 0 Å². The van der Waals surface area contributed by atoms with E-state index in [1.165, 1.54) is 42.9 Å². The average Bonchev–Trinajstić information content (AvgIpc) is 3.78. The normalized spacial score (nSPS) is 28.5. The number of phosphoric acid groups is 1. The fraction of sp³-hybridized carbons (Fsp3) is 0.458. The highest BCUT2D eigenvalue weighted by atomic mass is 31.2. The van der Waals surface area contributed by atoms with E-state index in [2.05, 4.69) is 19.9 Å². The van der Waals surface area contributed by atoms with Crippen LogP contribution in [0.1, 0.15) is 18.9 Å². The van der Waals surface area contributed by atoms with E-state index in [-0.39, 0.29) is 23.6 Å². The molecule has 44 heavy (non-hydrogen) atoms. The van der Waals surface area contributed by atoms with Gasteiger partial charge in [-0.1, -0.05) is 0 Å². The first-order chi connectivity index (χ1) is 21.1. The third-order valence-corrected chi connectivity index (χ3v) is 8.35. The minimum absolute atomic E-state index is 0.0432. The number of aliphatic hydroxyl groups excluding tert-OH is 2. The van der Waals surface area contributed by atoms with E-state index < -0.39 is 75.3 Å². The highest BCUT2D eigenvalue weighted by molar-refractivity contribution is 7.47. The molecule has 4 aromatic rings. The van der Waals surface area contributed by atoms with Crippen LogP contribution in [0, 0.1) is 0 Å². The molecule has 6 heterocycles. The van der Waals surface area contributed by atoms with Gasteiger partial charge in [0.25, 0.3) is 5.56 Å². The van der Waals surface area contributed by atoms with Gasteiger partial charge in [0.1, 0.15) is 54.4 Å². The second-order valence-electron chi connectivity index (χ2n) is 9.98. The van der Waals surface area contributed by atoms with Crippen LogP contribution in [0.5, 0.6) is 0 Å². The summed E-state index contributed by atoms with van der Waals surface area (Å²) < 4.78 is 48.3. The Kier molecular flexibility index (Phi) is 8.22. The summed E-state index contributed by atoms with van der Waals surface area (Å²) >= 11 is 0. The molecule has 6 rings (SSSR count). The lowest BCUT2D eigenvalue weighted by molar-refractivity contribution is -0.0627. The molecule has 0 amide bonds. The molecule has 0 bridgehead atoms. The number of ether oxygens (including phenoxy) is 3. The number of imidazole rings is 1. The lowest BCUT2D eigenvalue weighted by Gasteiger charge is -2.21. The molecule has 4 aromatic heterocycles. The maximum Gasteiger partial charge on any atom is 0.472 e. The minimum Gasteiger partial charge on any atom is -0.464 e. The molecule has 20 heteroatoms. The van der Waals surface area contributed by atoms with Gasteiger partial charge in [0.2, 0.25) is 0 Å². The summed E-state index contributed by atoms with van der Waals surface area (Å²) in [7, 11) is -3.50. The van der Waals surface area contributed by atoms with Crippen molar-refractivity contribution in [1.29, 1.82) is 0 Å². The predicted molar refractivity (Wildman–Crippen MR) is 146 cm³/mol. The second-order valence-corrected chi connectivity index (χ2v) is 11.4. The molecule has 0 aliphatic carbocycles. The van der Waals surface area contributed by atoms with Gasteiger partial charge in [-0.25, -0.2) is 24.3 Å². The molecule has 8 atom stereocenters. The summed E-state index contributed by atoms with van der Waals surface area (Å²) in [5.74, 6) is 0.341. The van der Waals surface area contributed by atoms with Crippen molar-refractivity contribution in [2.75, 3.05) is 26.1 Å². The topological polar surface area (TPSA) is 262 Å². The van der Waals surface area contributed by atoms with Crippen LogP contribution in [0.15, 0.2) is 51.3 Å². The standard InChI is InChI=1S/C24H28N7O12P/c1-38-19-18(33)15(42-23(19)31-10-28-17-20(25)26-9-27-21(17)31)8-40-44(36,37)43-13-5-16(41-14(13)7-32)30-6-11(12-3-2-4-39-12)22(34)29-24(30)35/h2-4,6,9-10,13-16,18-19,23,32-33H,5,7-8H2,1H3,(H,36,37)(H2,25,26,27)(H,29,34,35)/t13-,14?,15?,16-,18?,19?,23?/m1/s1. The van der Waals surface area contributed by atoms with Gasteiger partial charge in [-0.05, 0) is 12.1 Å². The first-order valence-electron chi connectivity index (χ1n) is 13.2. The smallest absolute Gasteiger partial charge is 0.464 e. The summed E-state index contributed by atoms with van der Waals surface area (Å²) in [5, 5.41) is 20.7. The molecule has 2 aliphatic rings. The number of anilines is 1. The Morgan fingerprint density at radius 3 is 2.75 bits per heavy atom. The zero-order valence-corrected chi connectivity index (χ0v) is 23.8. The second kappa shape index (κ2) is 12.0. The van der Waals surface area contributed by atoms with E-state index in [0.717, 1.165) is 4.57 Å². The van der Waals surface area contributed by atoms with Gasteiger partial charge in [-0.15, -0.1) is 0 Å². The van der Waals surface area contributed by atoms with E-state index in [9.17, 15) is 29.3 Å². The molecule has 0 radical (unpaired) electrons. The van der Waals surface area contributed by atoms with Crippen LogP contribution >= 0.6 is 7.82 Å². The van der Waals surface area contributed by atoms with E-state index in [4.69, 9.17) is 33.4 Å². The molecular formula is C24H28N7O12P. The molecule has 19 nitrogen and oxygen atoms in total. The zero-order chi connectivity index (χ0) is 31.2. The van der Waals surface area contributed by atoms with E-state index in [1.54, 1.807) is 6.07 Å². The average molecular weight is 637 g/mol. The van der Waals surface area contributed by atoms with Crippen LogP contribution < -0.4 is 17.0 Å². The van der Waals surface area contributed by atoms with Crippen molar-refractivity contribution in [3.8, 4) is 11.3 Å². The number of rotatable bonds is 10. The number of hydrogen-bond acceptors (Lipinski definition) is 15. The monoisotopic (exact) mass is 637 g/mol. The number of nitrogens with one attached hydrogen (secondary N) is 1. The van der Waals surface area contributed by atoms with Crippen LogP contribution in [0.3, 0.4) is 0 Å². The van der Waals surface area contributed by atoms with Gasteiger partial charge in [-0.3, -0.25) is 28.0 Å². The van der Waals surface area contributed by atoms with Crippen molar-refractivity contribution >= 4 is 24.8 Å². The maximum atomic E-state index is 13.0. The van der Waals surface area contributed by atoms with Crippen molar-refractivity contribution in [3.63, 3.8) is 0 Å². The third kappa shape index (κ3) is 5.60. The Bertz CT molecular complexity index is 1790. The molecule has 0 spiro atoms. The van der Waals surface area contributed by atoms with E-state index in [0.29, 0.717) is 11.2 Å².